The van der Waals surface area contributed by atoms with E-state index in [1.54, 1.807) is 20.8 Å². The molecule has 0 atom stereocenters. The van der Waals surface area contributed by atoms with Crippen molar-refractivity contribution in [2.24, 2.45) is 5.41 Å². The number of rotatable bonds is 6. The summed E-state index contributed by atoms with van der Waals surface area (Å²) in [6.45, 7) is 6.14. The summed E-state index contributed by atoms with van der Waals surface area (Å²) < 4.78 is 54.1. The zero-order chi connectivity index (χ0) is 22.9. The van der Waals surface area contributed by atoms with E-state index >= 15 is 0 Å². The molecule has 1 aromatic heterocycles. The number of carbonyl (C=O) groups is 1. The lowest BCUT2D eigenvalue weighted by atomic mass is 9.96. The van der Waals surface area contributed by atoms with Crippen molar-refractivity contribution in [2.45, 2.75) is 49.3 Å². The van der Waals surface area contributed by atoms with E-state index in [0.29, 0.717) is 13.1 Å². The maximum absolute atomic E-state index is 12.7. The van der Waals surface area contributed by atoms with Crippen LogP contribution in [0.3, 0.4) is 0 Å². The van der Waals surface area contributed by atoms with E-state index in [1.807, 2.05) is 0 Å². The van der Waals surface area contributed by atoms with Gasteiger partial charge >= 0.3 is 0 Å². The Bertz CT molecular complexity index is 1150. The molecule has 13 heteroatoms. The first-order chi connectivity index (χ1) is 14.4. The first-order valence-corrected chi connectivity index (χ1v) is 13.4. The van der Waals surface area contributed by atoms with Crippen molar-refractivity contribution in [3.05, 3.63) is 24.3 Å². The van der Waals surface area contributed by atoms with Crippen molar-refractivity contribution < 1.29 is 21.6 Å². The minimum absolute atomic E-state index is 0.0725. The first kappa shape index (κ1) is 23.6. The number of piperidine rings is 1. The van der Waals surface area contributed by atoms with Gasteiger partial charge in [-0.05, 0) is 37.1 Å². The number of nitrogens with one attached hydrogen (secondary N) is 2. The molecule has 0 bridgehead atoms. The lowest BCUT2D eigenvalue weighted by Gasteiger charge is -2.25. The maximum Gasteiger partial charge on any atom is 0.291 e. The Morgan fingerprint density at radius 3 is 2.19 bits per heavy atom. The minimum Gasteiger partial charge on any atom is -0.300 e. The van der Waals surface area contributed by atoms with Crippen molar-refractivity contribution >= 4 is 48.1 Å². The summed E-state index contributed by atoms with van der Waals surface area (Å²) in [7, 11) is -7.65. The second-order valence-electron chi connectivity index (χ2n) is 8.17. The van der Waals surface area contributed by atoms with Gasteiger partial charge in [0.2, 0.25) is 21.1 Å². The van der Waals surface area contributed by atoms with Crippen molar-refractivity contribution in [3.63, 3.8) is 0 Å². The summed E-state index contributed by atoms with van der Waals surface area (Å²) in [6, 6.07) is 5.52. The topological polar surface area (TPSA) is 138 Å². The Labute approximate surface area is 186 Å². The molecule has 1 aromatic carbocycles. The molecule has 0 saturated carbocycles. The van der Waals surface area contributed by atoms with Gasteiger partial charge < -0.3 is 5.32 Å². The molecule has 2 aromatic rings. The smallest absolute Gasteiger partial charge is 0.291 e. The second-order valence-corrected chi connectivity index (χ2v) is 12.9. The Morgan fingerprint density at radius 2 is 1.61 bits per heavy atom. The molecule has 0 aliphatic carbocycles. The van der Waals surface area contributed by atoms with E-state index in [-0.39, 0.29) is 26.0 Å². The normalized spacial score (nSPS) is 16.1. The van der Waals surface area contributed by atoms with Crippen LogP contribution in [0, 0.1) is 5.41 Å². The molecule has 0 radical (unpaired) electrons. The Balaban J connectivity index is 1.71. The fourth-order valence-electron chi connectivity index (χ4n) is 2.80. The summed E-state index contributed by atoms with van der Waals surface area (Å²) in [4.78, 5) is 12.1. The molecule has 1 fully saturated rings. The van der Waals surface area contributed by atoms with Gasteiger partial charge in [-0.1, -0.05) is 38.5 Å². The number of amides is 1. The molecule has 1 amide bonds. The van der Waals surface area contributed by atoms with Crippen LogP contribution in [-0.2, 0) is 24.8 Å². The molecule has 1 saturated heterocycles. The van der Waals surface area contributed by atoms with Crippen LogP contribution >= 0.6 is 11.3 Å². The van der Waals surface area contributed by atoms with E-state index in [0.717, 1.165) is 30.6 Å². The predicted octanol–water partition coefficient (Wildman–Crippen LogP) is 2.50. The van der Waals surface area contributed by atoms with Gasteiger partial charge in [-0.3, -0.25) is 9.52 Å². The van der Waals surface area contributed by atoms with Crippen LogP contribution < -0.4 is 10.0 Å². The molecular weight excluding hydrogens is 462 g/mol. The lowest BCUT2D eigenvalue weighted by molar-refractivity contribution is -0.123. The van der Waals surface area contributed by atoms with Gasteiger partial charge in [-0.15, -0.1) is 10.2 Å². The van der Waals surface area contributed by atoms with Gasteiger partial charge in [0.05, 0.1) is 4.90 Å². The van der Waals surface area contributed by atoms with Crippen LogP contribution in [0.1, 0.15) is 40.0 Å². The van der Waals surface area contributed by atoms with E-state index in [2.05, 4.69) is 20.2 Å². The summed E-state index contributed by atoms with van der Waals surface area (Å²) in [6.07, 6.45) is 2.67. The lowest BCUT2D eigenvalue weighted by Crippen LogP contribution is -2.35. The Hall–Kier alpha value is -2.09. The quantitative estimate of drug-likeness (QED) is 0.597. The van der Waals surface area contributed by atoms with Gasteiger partial charge in [0.25, 0.3) is 14.4 Å². The highest BCUT2D eigenvalue weighted by atomic mass is 32.2. The monoisotopic (exact) mass is 487 g/mol. The number of anilines is 2. The van der Waals surface area contributed by atoms with Crippen molar-refractivity contribution in [2.75, 3.05) is 23.1 Å². The van der Waals surface area contributed by atoms with E-state index in [4.69, 9.17) is 0 Å². The fraction of sp³-hybridized carbons (Fsp3) is 0.500. The number of carbonyl (C=O) groups excluding carboxylic acids is 1. The van der Waals surface area contributed by atoms with Gasteiger partial charge in [-0.2, -0.15) is 12.7 Å². The van der Waals surface area contributed by atoms with Gasteiger partial charge in [0.15, 0.2) is 0 Å². The average Bonchev–Trinajstić information content (AvgIpc) is 3.18. The first-order valence-electron chi connectivity index (χ1n) is 9.68. The second kappa shape index (κ2) is 8.81. The van der Waals surface area contributed by atoms with E-state index in [1.165, 1.54) is 28.6 Å². The van der Waals surface area contributed by atoms with Crippen LogP contribution in [0.15, 0.2) is 33.5 Å². The van der Waals surface area contributed by atoms with Crippen LogP contribution in [0.2, 0.25) is 0 Å². The number of hydrogen-bond acceptors (Lipinski definition) is 8. The van der Waals surface area contributed by atoms with Crippen LogP contribution in [0.5, 0.6) is 0 Å². The standard InChI is InChI=1S/C18H25N5O5S3/c1-18(2,3)15(24)19-16-20-21-17(29-16)30(25,26)22-13-7-9-14(10-8-13)31(27,28)23-11-5-4-6-12-23/h7-10,22H,4-6,11-12H2,1-3H3,(H,19,20,24). The molecule has 10 nitrogen and oxygen atoms in total. The summed E-state index contributed by atoms with van der Waals surface area (Å²) in [5, 5.41) is 9.95. The van der Waals surface area contributed by atoms with Gasteiger partial charge in [0, 0.05) is 24.2 Å². The van der Waals surface area contributed by atoms with Crippen molar-refractivity contribution in [3.8, 4) is 0 Å². The average molecular weight is 488 g/mol. The molecule has 0 spiro atoms. The highest BCUT2D eigenvalue weighted by molar-refractivity contribution is 7.94. The minimum atomic E-state index is -4.05. The highest BCUT2D eigenvalue weighted by Gasteiger charge is 2.27. The summed E-state index contributed by atoms with van der Waals surface area (Å²) >= 11 is 0.723. The molecule has 170 valence electrons. The molecule has 3 rings (SSSR count). The third-order valence-corrected chi connectivity index (χ3v) is 9.10. The number of sulfonamides is 2. The number of hydrogen-bond donors (Lipinski definition) is 2. The molecule has 31 heavy (non-hydrogen) atoms. The predicted molar refractivity (Wildman–Crippen MR) is 118 cm³/mol. The van der Waals surface area contributed by atoms with Gasteiger partial charge in [0.1, 0.15) is 0 Å². The number of nitrogens with zero attached hydrogens (tertiary/aromatic N) is 3. The summed E-state index contributed by atoms with van der Waals surface area (Å²) in [5.74, 6) is -0.314. The van der Waals surface area contributed by atoms with E-state index in [9.17, 15) is 21.6 Å². The zero-order valence-corrected chi connectivity index (χ0v) is 19.9. The van der Waals surface area contributed by atoms with Crippen LogP contribution in [0.25, 0.3) is 0 Å². The molecular formula is C18H25N5O5S3. The maximum atomic E-state index is 12.7. The molecule has 0 unspecified atom stereocenters. The SMILES string of the molecule is CC(C)(C)C(=O)Nc1nnc(S(=O)(=O)Nc2ccc(S(=O)(=O)N3CCCCC3)cc2)s1. The van der Waals surface area contributed by atoms with Crippen molar-refractivity contribution in [1.29, 1.82) is 0 Å². The third-order valence-electron chi connectivity index (χ3n) is 4.60. The van der Waals surface area contributed by atoms with Crippen LogP contribution in [-0.4, -0.2) is 50.3 Å². The summed E-state index contributed by atoms with van der Waals surface area (Å²) in [5.41, 5.74) is -0.479. The van der Waals surface area contributed by atoms with E-state index < -0.39 is 25.5 Å². The zero-order valence-electron chi connectivity index (χ0n) is 17.5. The largest absolute Gasteiger partial charge is 0.300 e. The number of benzene rings is 1. The van der Waals surface area contributed by atoms with Crippen molar-refractivity contribution in [1.82, 2.24) is 14.5 Å². The Morgan fingerprint density at radius 1 is 1.00 bits per heavy atom. The molecule has 2 N–H and O–H groups in total. The molecule has 1 aliphatic rings. The third kappa shape index (κ3) is 5.59. The van der Waals surface area contributed by atoms with Crippen LogP contribution in [0.4, 0.5) is 10.8 Å². The number of aromatic nitrogens is 2. The fourth-order valence-corrected chi connectivity index (χ4v) is 6.27. The highest BCUT2D eigenvalue weighted by Crippen LogP contribution is 2.26. The molecule has 1 aliphatic heterocycles. The molecule has 2 heterocycles. The van der Waals surface area contributed by atoms with Gasteiger partial charge in [-0.25, -0.2) is 8.42 Å². The Kier molecular flexibility index (Phi) is 6.69.